The molecular formula is C22H25Cl2NO4. The number of carbonyl (C=O) groups is 1. The summed E-state index contributed by atoms with van der Waals surface area (Å²) in [6, 6.07) is 14.2. The van der Waals surface area contributed by atoms with E-state index in [-0.39, 0.29) is 25.4 Å². The minimum atomic E-state index is -0.910. The molecule has 2 N–H and O–H groups in total. The molecule has 1 aliphatic heterocycles. The summed E-state index contributed by atoms with van der Waals surface area (Å²) in [5.41, 5.74) is 6.54. The molecule has 3 rings (SSSR count). The first-order chi connectivity index (χ1) is 14.0. The van der Waals surface area contributed by atoms with Crippen LogP contribution in [0.25, 0.3) is 0 Å². The van der Waals surface area contributed by atoms with Gasteiger partial charge in [-0.15, -0.1) is 0 Å². The summed E-state index contributed by atoms with van der Waals surface area (Å²) in [6.07, 6.45) is 2.81. The van der Waals surface area contributed by atoms with Crippen LogP contribution in [0.4, 0.5) is 0 Å². The van der Waals surface area contributed by atoms with Gasteiger partial charge in [-0.3, -0.25) is 0 Å². The minimum absolute atomic E-state index is 0.137. The average Bonchev–Trinajstić information content (AvgIpc) is 2.76. The van der Waals surface area contributed by atoms with E-state index in [0.29, 0.717) is 28.6 Å². The van der Waals surface area contributed by atoms with E-state index in [1.54, 1.807) is 36.4 Å². The molecule has 2 atom stereocenters. The van der Waals surface area contributed by atoms with Gasteiger partial charge in [0.05, 0.1) is 22.2 Å². The van der Waals surface area contributed by atoms with Crippen molar-refractivity contribution in [3.05, 3.63) is 69.7 Å². The number of rotatable bonds is 8. The molecule has 0 amide bonds. The first kappa shape index (κ1) is 22.1. The predicted molar refractivity (Wildman–Crippen MR) is 113 cm³/mol. The number of hydrogen-bond donors (Lipinski definition) is 1. The van der Waals surface area contributed by atoms with E-state index in [0.717, 1.165) is 24.8 Å². The van der Waals surface area contributed by atoms with Crippen molar-refractivity contribution in [1.82, 2.24) is 0 Å². The van der Waals surface area contributed by atoms with E-state index in [1.165, 1.54) is 0 Å². The number of esters is 1. The quantitative estimate of drug-likeness (QED) is 0.592. The van der Waals surface area contributed by atoms with Crippen LogP contribution in [0.2, 0.25) is 10.0 Å². The fraction of sp³-hybridized carbons (Fsp3) is 0.409. The smallest absolute Gasteiger partial charge is 0.338 e. The van der Waals surface area contributed by atoms with Crippen molar-refractivity contribution in [3.63, 3.8) is 0 Å². The Hall–Kier alpha value is -1.63. The van der Waals surface area contributed by atoms with Crippen molar-refractivity contribution in [2.75, 3.05) is 19.8 Å². The van der Waals surface area contributed by atoms with Crippen LogP contribution in [0.3, 0.4) is 0 Å². The Morgan fingerprint density at radius 3 is 2.59 bits per heavy atom. The number of hydrogen-bond acceptors (Lipinski definition) is 5. The van der Waals surface area contributed by atoms with Gasteiger partial charge in [0.1, 0.15) is 5.60 Å². The van der Waals surface area contributed by atoms with Gasteiger partial charge in [0.25, 0.3) is 0 Å². The van der Waals surface area contributed by atoms with E-state index in [4.69, 9.17) is 43.1 Å². The minimum Gasteiger partial charge on any atom is -0.462 e. The van der Waals surface area contributed by atoms with Crippen LogP contribution in [-0.4, -0.2) is 32.0 Å². The standard InChI is InChI=1S/C22H25Cl2NO4/c23-18-10-9-17(14-19(18)24)22(15-25,29-20-8-4-5-12-27-20)11-13-28-21(26)16-6-2-1-3-7-16/h1-3,6-7,9-10,14,20H,4-5,8,11-13,15,25H2. The van der Waals surface area contributed by atoms with Gasteiger partial charge in [-0.05, 0) is 49.1 Å². The molecule has 2 aromatic rings. The number of ether oxygens (including phenoxy) is 3. The molecule has 0 aliphatic carbocycles. The maximum Gasteiger partial charge on any atom is 0.338 e. The zero-order chi connectivity index (χ0) is 20.7. The van der Waals surface area contributed by atoms with Gasteiger partial charge in [0.15, 0.2) is 6.29 Å². The third-order valence-corrected chi connectivity index (χ3v) is 5.76. The molecule has 2 aromatic carbocycles. The Morgan fingerprint density at radius 2 is 1.93 bits per heavy atom. The lowest BCUT2D eigenvalue weighted by Gasteiger charge is -2.38. The Bertz CT molecular complexity index is 812. The molecule has 0 radical (unpaired) electrons. The summed E-state index contributed by atoms with van der Waals surface area (Å²) in [4.78, 5) is 12.3. The summed E-state index contributed by atoms with van der Waals surface area (Å²) >= 11 is 12.3. The monoisotopic (exact) mass is 437 g/mol. The normalized spacial score (nSPS) is 18.8. The second-order valence-corrected chi connectivity index (χ2v) is 7.81. The average molecular weight is 438 g/mol. The SMILES string of the molecule is NCC(CCOC(=O)c1ccccc1)(OC1CCCCO1)c1ccc(Cl)c(Cl)c1. The lowest BCUT2D eigenvalue weighted by atomic mass is 9.90. The zero-order valence-corrected chi connectivity index (χ0v) is 17.6. The highest BCUT2D eigenvalue weighted by molar-refractivity contribution is 6.42. The summed E-state index contributed by atoms with van der Waals surface area (Å²) in [7, 11) is 0. The molecule has 1 heterocycles. The molecule has 0 bridgehead atoms. The van der Waals surface area contributed by atoms with Crippen molar-refractivity contribution in [1.29, 1.82) is 0 Å². The van der Waals surface area contributed by atoms with Crippen LogP contribution in [0.5, 0.6) is 0 Å². The number of benzene rings is 2. The molecule has 29 heavy (non-hydrogen) atoms. The molecule has 0 spiro atoms. The summed E-state index contributed by atoms with van der Waals surface area (Å²) in [5.74, 6) is -0.389. The predicted octanol–water partition coefficient (Wildman–Crippen LogP) is 4.94. The van der Waals surface area contributed by atoms with Crippen molar-refractivity contribution >= 4 is 29.2 Å². The van der Waals surface area contributed by atoms with Crippen LogP contribution in [0.15, 0.2) is 48.5 Å². The first-order valence-corrected chi connectivity index (χ1v) is 10.5. The van der Waals surface area contributed by atoms with Gasteiger partial charge in [0.2, 0.25) is 0 Å². The van der Waals surface area contributed by atoms with Gasteiger partial charge >= 0.3 is 5.97 Å². The largest absolute Gasteiger partial charge is 0.462 e. The fourth-order valence-electron chi connectivity index (χ4n) is 3.34. The molecule has 2 unspecified atom stereocenters. The lowest BCUT2D eigenvalue weighted by Crippen LogP contribution is -2.43. The third kappa shape index (κ3) is 5.71. The summed E-state index contributed by atoms with van der Waals surface area (Å²) in [6.45, 7) is 0.960. The summed E-state index contributed by atoms with van der Waals surface area (Å²) < 4.78 is 17.6. The van der Waals surface area contributed by atoms with Crippen molar-refractivity contribution in [3.8, 4) is 0 Å². The van der Waals surface area contributed by atoms with E-state index >= 15 is 0 Å². The highest BCUT2D eigenvalue weighted by Gasteiger charge is 2.36. The van der Waals surface area contributed by atoms with E-state index in [2.05, 4.69) is 0 Å². The Kier molecular flexibility index (Phi) is 7.92. The van der Waals surface area contributed by atoms with Gasteiger partial charge in [-0.25, -0.2) is 4.79 Å². The van der Waals surface area contributed by atoms with E-state index < -0.39 is 5.60 Å². The third-order valence-electron chi connectivity index (χ3n) is 5.02. The maximum atomic E-state index is 12.3. The van der Waals surface area contributed by atoms with Crippen LogP contribution in [-0.2, 0) is 19.8 Å². The Labute approximate surface area is 181 Å². The van der Waals surface area contributed by atoms with Crippen LogP contribution in [0.1, 0.15) is 41.6 Å². The van der Waals surface area contributed by atoms with Gasteiger partial charge in [-0.1, -0.05) is 47.5 Å². The van der Waals surface area contributed by atoms with Crippen molar-refractivity contribution in [2.24, 2.45) is 5.73 Å². The summed E-state index contributed by atoms with van der Waals surface area (Å²) in [5, 5.41) is 0.863. The molecule has 1 fully saturated rings. The van der Waals surface area contributed by atoms with Gasteiger partial charge in [-0.2, -0.15) is 0 Å². The molecule has 7 heteroatoms. The highest BCUT2D eigenvalue weighted by Crippen LogP contribution is 2.36. The topological polar surface area (TPSA) is 70.8 Å². The molecule has 0 aromatic heterocycles. The first-order valence-electron chi connectivity index (χ1n) is 9.71. The fourth-order valence-corrected chi connectivity index (χ4v) is 3.64. The van der Waals surface area contributed by atoms with E-state index in [1.807, 2.05) is 12.1 Å². The Morgan fingerprint density at radius 1 is 1.14 bits per heavy atom. The highest BCUT2D eigenvalue weighted by atomic mass is 35.5. The van der Waals surface area contributed by atoms with Crippen molar-refractivity contribution in [2.45, 2.75) is 37.6 Å². The number of nitrogens with two attached hydrogens (primary N) is 1. The van der Waals surface area contributed by atoms with Gasteiger partial charge in [0, 0.05) is 19.6 Å². The molecule has 5 nitrogen and oxygen atoms in total. The number of halogens is 2. The molecule has 156 valence electrons. The molecule has 1 aliphatic rings. The second kappa shape index (κ2) is 10.4. The van der Waals surface area contributed by atoms with Crippen molar-refractivity contribution < 1.29 is 19.0 Å². The van der Waals surface area contributed by atoms with E-state index in [9.17, 15) is 4.79 Å². The number of carbonyl (C=O) groups excluding carboxylic acids is 1. The van der Waals surface area contributed by atoms with Crippen LogP contribution in [0, 0.1) is 0 Å². The zero-order valence-electron chi connectivity index (χ0n) is 16.1. The maximum absolute atomic E-state index is 12.3. The molecule has 0 saturated carbocycles. The molecular weight excluding hydrogens is 413 g/mol. The van der Waals surface area contributed by atoms with Crippen LogP contribution < -0.4 is 5.73 Å². The Balaban J connectivity index is 1.77. The van der Waals surface area contributed by atoms with Crippen LogP contribution >= 0.6 is 23.2 Å². The molecule has 1 saturated heterocycles. The lowest BCUT2D eigenvalue weighted by molar-refractivity contribution is -0.230. The second-order valence-electron chi connectivity index (χ2n) is 6.99. The van der Waals surface area contributed by atoms with Gasteiger partial charge < -0.3 is 19.9 Å².